The first-order valence-electron chi connectivity index (χ1n) is 2.90. The quantitative estimate of drug-likeness (QED) is 0.597. The van der Waals surface area contributed by atoms with Crippen molar-refractivity contribution in [2.75, 3.05) is 6.26 Å². The smallest absolute Gasteiger partial charge is 0.191 e. The van der Waals surface area contributed by atoms with Gasteiger partial charge in [0.2, 0.25) is 0 Å². The van der Waals surface area contributed by atoms with Crippen molar-refractivity contribution in [3.05, 3.63) is 29.8 Å². The van der Waals surface area contributed by atoms with Crippen molar-refractivity contribution in [3.8, 4) is 0 Å². The van der Waals surface area contributed by atoms with Crippen LogP contribution in [0.15, 0.2) is 23.1 Å². The Morgan fingerprint density at radius 1 is 1.36 bits per heavy atom. The molecule has 11 heavy (non-hydrogen) atoms. The average Bonchev–Trinajstić information content (AvgIpc) is 1.94. The summed E-state index contributed by atoms with van der Waals surface area (Å²) in [5.41, 5.74) is 0. The highest BCUT2D eigenvalue weighted by atomic mass is 32.2. The van der Waals surface area contributed by atoms with Crippen molar-refractivity contribution in [1.82, 2.24) is 0 Å². The van der Waals surface area contributed by atoms with Gasteiger partial charge in [0.05, 0.1) is 0 Å². The summed E-state index contributed by atoms with van der Waals surface area (Å²) in [7, 11) is 0. The molecule has 1 aromatic rings. The molecular weight excluding hydrogens is 170 g/mol. The lowest BCUT2D eigenvalue weighted by Crippen LogP contribution is -2.01. The highest BCUT2D eigenvalue weighted by Gasteiger charge is 2.11. The lowest BCUT2D eigenvalue weighted by Gasteiger charge is -2.03. The summed E-state index contributed by atoms with van der Waals surface area (Å²) in [5.74, 6) is -1.20. The van der Waals surface area contributed by atoms with Crippen LogP contribution >= 0.6 is 0 Å². The largest absolute Gasteiger partial charge is 0.612 e. The standard InChI is InChI=1S/C7H6F2OS/c1-11(10)7-4-5(8)2-3-6(7)9/h2-4H,1H3. The van der Waals surface area contributed by atoms with Crippen molar-refractivity contribution in [1.29, 1.82) is 0 Å². The zero-order valence-corrected chi connectivity index (χ0v) is 6.62. The maximum absolute atomic E-state index is 12.7. The van der Waals surface area contributed by atoms with Crippen LogP contribution in [0.5, 0.6) is 0 Å². The van der Waals surface area contributed by atoms with E-state index in [0.29, 0.717) is 0 Å². The number of hydrogen-bond donors (Lipinski definition) is 0. The first-order chi connectivity index (χ1) is 5.11. The van der Waals surface area contributed by atoms with E-state index in [1.54, 1.807) is 0 Å². The van der Waals surface area contributed by atoms with Gasteiger partial charge in [-0.2, -0.15) is 0 Å². The molecule has 1 nitrogen and oxygen atoms in total. The molecule has 0 amide bonds. The van der Waals surface area contributed by atoms with Crippen molar-refractivity contribution in [3.63, 3.8) is 0 Å². The van der Waals surface area contributed by atoms with Gasteiger partial charge in [0.1, 0.15) is 12.1 Å². The van der Waals surface area contributed by atoms with Crippen LogP contribution in [0.1, 0.15) is 0 Å². The molecule has 4 heteroatoms. The monoisotopic (exact) mass is 176 g/mol. The Kier molecular flexibility index (Phi) is 2.46. The second-order valence-corrected chi connectivity index (χ2v) is 3.38. The van der Waals surface area contributed by atoms with Crippen LogP contribution < -0.4 is 0 Å². The van der Waals surface area contributed by atoms with E-state index in [1.165, 1.54) is 6.26 Å². The fourth-order valence-corrected chi connectivity index (χ4v) is 1.32. The second kappa shape index (κ2) is 3.19. The van der Waals surface area contributed by atoms with Crippen molar-refractivity contribution < 1.29 is 13.3 Å². The molecule has 1 aromatic carbocycles. The first-order valence-corrected chi connectivity index (χ1v) is 4.45. The molecule has 0 fully saturated rings. The van der Waals surface area contributed by atoms with Gasteiger partial charge < -0.3 is 4.55 Å². The minimum absolute atomic E-state index is 0.0926. The molecular formula is C7H6F2OS. The zero-order chi connectivity index (χ0) is 8.43. The van der Waals surface area contributed by atoms with Crippen molar-refractivity contribution in [2.24, 2.45) is 0 Å². The zero-order valence-electron chi connectivity index (χ0n) is 5.80. The molecule has 0 bridgehead atoms. The molecule has 60 valence electrons. The van der Waals surface area contributed by atoms with Gasteiger partial charge in [-0.15, -0.1) is 0 Å². The van der Waals surface area contributed by atoms with Crippen LogP contribution in [-0.2, 0) is 11.2 Å². The van der Waals surface area contributed by atoms with E-state index in [1.807, 2.05) is 0 Å². The van der Waals surface area contributed by atoms with Gasteiger partial charge in [0.15, 0.2) is 10.7 Å². The minimum Gasteiger partial charge on any atom is -0.612 e. The Balaban J connectivity index is 3.13. The van der Waals surface area contributed by atoms with Gasteiger partial charge in [0, 0.05) is 6.07 Å². The van der Waals surface area contributed by atoms with E-state index < -0.39 is 22.8 Å². The Bertz CT molecular complexity index is 263. The van der Waals surface area contributed by atoms with E-state index in [0.717, 1.165) is 18.2 Å². The van der Waals surface area contributed by atoms with Gasteiger partial charge >= 0.3 is 0 Å². The van der Waals surface area contributed by atoms with Gasteiger partial charge in [-0.3, -0.25) is 0 Å². The first kappa shape index (κ1) is 8.49. The Morgan fingerprint density at radius 3 is 2.45 bits per heavy atom. The predicted molar refractivity (Wildman–Crippen MR) is 38.7 cm³/mol. The Morgan fingerprint density at radius 2 is 2.00 bits per heavy atom. The summed E-state index contributed by atoms with van der Waals surface area (Å²) < 4.78 is 35.8. The van der Waals surface area contributed by atoms with E-state index >= 15 is 0 Å². The SMILES string of the molecule is C[S+]([O-])c1cc(F)ccc1F. The lowest BCUT2D eigenvalue weighted by molar-refractivity contribution is 0.555. The van der Waals surface area contributed by atoms with Crippen molar-refractivity contribution in [2.45, 2.75) is 4.90 Å². The fourth-order valence-electron chi connectivity index (χ4n) is 0.697. The molecule has 0 aromatic heterocycles. The highest BCUT2D eigenvalue weighted by molar-refractivity contribution is 7.90. The summed E-state index contributed by atoms with van der Waals surface area (Å²) >= 11 is -1.47. The molecule has 1 rings (SSSR count). The van der Waals surface area contributed by atoms with E-state index in [-0.39, 0.29) is 4.90 Å². The molecule has 1 atom stereocenters. The van der Waals surface area contributed by atoms with Crippen LogP contribution in [0.25, 0.3) is 0 Å². The van der Waals surface area contributed by atoms with Gasteiger partial charge in [-0.25, -0.2) is 8.78 Å². The Labute approximate surface area is 66.2 Å². The topological polar surface area (TPSA) is 23.1 Å². The molecule has 0 aliphatic carbocycles. The molecule has 0 heterocycles. The number of rotatable bonds is 1. The molecule has 1 unspecified atom stereocenters. The van der Waals surface area contributed by atoms with Crippen molar-refractivity contribution >= 4 is 11.2 Å². The lowest BCUT2D eigenvalue weighted by atomic mass is 10.3. The molecule has 0 spiro atoms. The molecule has 0 N–H and O–H groups in total. The summed E-state index contributed by atoms with van der Waals surface area (Å²) in [5, 5.41) is 0. The summed E-state index contributed by atoms with van der Waals surface area (Å²) in [6.45, 7) is 0. The van der Waals surface area contributed by atoms with E-state index in [4.69, 9.17) is 0 Å². The molecule has 0 aliphatic rings. The summed E-state index contributed by atoms with van der Waals surface area (Å²) in [4.78, 5) is -0.0926. The predicted octanol–water partition coefficient (Wildman–Crippen LogP) is 1.70. The minimum atomic E-state index is -1.47. The Hall–Kier alpha value is -0.610. The third-order valence-electron chi connectivity index (χ3n) is 1.20. The van der Waals surface area contributed by atoms with Crippen LogP contribution in [0.3, 0.4) is 0 Å². The van der Waals surface area contributed by atoms with Crippen LogP contribution in [0, 0.1) is 11.6 Å². The summed E-state index contributed by atoms with van der Waals surface area (Å²) in [6.07, 6.45) is 1.30. The molecule has 0 radical (unpaired) electrons. The fraction of sp³-hybridized carbons (Fsp3) is 0.143. The third kappa shape index (κ3) is 1.91. The van der Waals surface area contributed by atoms with E-state index in [2.05, 4.69) is 0 Å². The van der Waals surface area contributed by atoms with Gasteiger partial charge in [-0.05, 0) is 23.3 Å². The van der Waals surface area contributed by atoms with E-state index in [9.17, 15) is 13.3 Å². The molecule has 0 saturated carbocycles. The third-order valence-corrected chi connectivity index (χ3v) is 2.14. The van der Waals surface area contributed by atoms with Crippen LogP contribution in [0.2, 0.25) is 0 Å². The normalized spacial score (nSPS) is 13.1. The van der Waals surface area contributed by atoms with Gasteiger partial charge in [-0.1, -0.05) is 0 Å². The second-order valence-electron chi connectivity index (χ2n) is 2.03. The van der Waals surface area contributed by atoms with Crippen LogP contribution in [0.4, 0.5) is 8.78 Å². The number of halogens is 2. The maximum Gasteiger partial charge on any atom is 0.191 e. The van der Waals surface area contributed by atoms with Crippen LogP contribution in [-0.4, -0.2) is 10.8 Å². The molecule has 0 aliphatic heterocycles. The summed E-state index contributed by atoms with van der Waals surface area (Å²) in [6, 6.07) is 2.89. The average molecular weight is 176 g/mol. The maximum atomic E-state index is 12.7. The van der Waals surface area contributed by atoms with Gasteiger partial charge in [0.25, 0.3) is 0 Å². The molecule has 0 saturated heterocycles. The number of benzene rings is 1. The highest BCUT2D eigenvalue weighted by Crippen LogP contribution is 2.14. The number of hydrogen-bond acceptors (Lipinski definition) is 1.